The molecule has 2 heteroatoms. The minimum atomic E-state index is 0.942. The highest BCUT2D eigenvalue weighted by molar-refractivity contribution is 6.30. The van der Waals surface area contributed by atoms with Crippen LogP contribution in [0.25, 0.3) is 0 Å². The van der Waals surface area contributed by atoms with Crippen molar-refractivity contribution in [1.29, 1.82) is 0 Å². The van der Waals surface area contributed by atoms with Crippen molar-refractivity contribution in [3.05, 3.63) is 22.2 Å². The summed E-state index contributed by atoms with van der Waals surface area (Å²) >= 11 is 11.7. The average molecular weight is 177 g/mol. The lowest BCUT2D eigenvalue weighted by Crippen LogP contribution is -1.81. The van der Waals surface area contributed by atoms with Gasteiger partial charge in [0.1, 0.15) is 0 Å². The van der Waals surface area contributed by atoms with E-state index in [2.05, 4.69) is 12.2 Å². The van der Waals surface area contributed by atoms with Gasteiger partial charge in [0, 0.05) is 10.1 Å². The van der Waals surface area contributed by atoms with E-state index < -0.39 is 0 Å². The molecule has 0 aromatic rings. The van der Waals surface area contributed by atoms with Gasteiger partial charge in [-0.05, 0) is 25.7 Å². The lowest BCUT2D eigenvalue weighted by atomic mass is 10.1. The summed E-state index contributed by atoms with van der Waals surface area (Å²) < 4.78 is 0. The zero-order valence-electron chi connectivity index (χ0n) is 5.74. The van der Waals surface area contributed by atoms with Gasteiger partial charge in [-0.1, -0.05) is 35.4 Å². The molecule has 0 saturated carbocycles. The summed E-state index contributed by atoms with van der Waals surface area (Å²) in [6, 6.07) is 0. The molecule has 0 amide bonds. The van der Waals surface area contributed by atoms with Gasteiger partial charge in [-0.15, -0.1) is 0 Å². The van der Waals surface area contributed by atoms with Gasteiger partial charge in [0.2, 0.25) is 0 Å². The van der Waals surface area contributed by atoms with Crippen LogP contribution in [0.1, 0.15) is 25.7 Å². The minimum Gasteiger partial charge on any atom is -0.0895 e. The molecule has 0 spiro atoms. The topological polar surface area (TPSA) is 0 Å². The van der Waals surface area contributed by atoms with Gasteiger partial charge >= 0.3 is 0 Å². The van der Waals surface area contributed by atoms with Crippen LogP contribution in [0.15, 0.2) is 22.2 Å². The van der Waals surface area contributed by atoms with Crippen LogP contribution in [-0.4, -0.2) is 0 Å². The first-order valence-electron chi connectivity index (χ1n) is 3.48. The van der Waals surface area contributed by atoms with Crippen LogP contribution in [0.4, 0.5) is 0 Å². The van der Waals surface area contributed by atoms with Crippen molar-refractivity contribution in [1.82, 2.24) is 0 Å². The molecule has 0 fully saturated rings. The second-order valence-corrected chi connectivity index (χ2v) is 3.35. The molecule has 1 rings (SSSR count). The van der Waals surface area contributed by atoms with Crippen molar-refractivity contribution in [2.24, 2.45) is 0 Å². The van der Waals surface area contributed by atoms with Gasteiger partial charge in [0.25, 0.3) is 0 Å². The van der Waals surface area contributed by atoms with E-state index in [0.29, 0.717) is 0 Å². The Bertz CT molecular complexity index is 148. The molecular formula is C8H10Cl2. The van der Waals surface area contributed by atoms with Crippen molar-refractivity contribution in [3.63, 3.8) is 0 Å². The van der Waals surface area contributed by atoms with E-state index in [-0.39, 0.29) is 0 Å². The molecule has 0 nitrogen and oxygen atoms in total. The number of hydrogen-bond acceptors (Lipinski definition) is 0. The quantitative estimate of drug-likeness (QED) is 0.527. The number of allylic oxidation sites excluding steroid dienone is 4. The van der Waals surface area contributed by atoms with Gasteiger partial charge in [-0.3, -0.25) is 0 Å². The molecule has 0 unspecified atom stereocenters. The maximum absolute atomic E-state index is 5.83. The Hall–Kier alpha value is 0.0600. The summed E-state index contributed by atoms with van der Waals surface area (Å²) in [5.41, 5.74) is 0. The summed E-state index contributed by atoms with van der Waals surface area (Å²) in [4.78, 5) is 0. The zero-order valence-corrected chi connectivity index (χ0v) is 7.25. The van der Waals surface area contributed by atoms with Crippen molar-refractivity contribution >= 4 is 23.2 Å². The lowest BCUT2D eigenvalue weighted by molar-refractivity contribution is 0.937. The van der Waals surface area contributed by atoms with E-state index >= 15 is 0 Å². The molecule has 1 aliphatic rings. The molecule has 1 aliphatic carbocycles. The fourth-order valence-corrected chi connectivity index (χ4v) is 1.37. The molecule has 0 saturated heterocycles. The Morgan fingerprint density at radius 2 is 1.30 bits per heavy atom. The van der Waals surface area contributed by atoms with Gasteiger partial charge in [-0.25, -0.2) is 0 Å². The summed E-state index contributed by atoms with van der Waals surface area (Å²) in [5, 5.41) is 1.95. The predicted octanol–water partition coefficient (Wildman–Crippen LogP) is 3.81. The molecule has 0 heterocycles. The largest absolute Gasteiger partial charge is 0.0895 e. The minimum absolute atomic E-state index is 0.942. The molecule has 0 radical (unpaired) electrons. The first-order valence-corrected chi connectivity index (χ1v) is 4.23. The normalized spacial score (nSPS) is 20.6. The lowest BCUT2D eigenvalue weighted by Gasteiger charge is -2.02. The Morgan fingerprint density at radius 3 is 1.70 bits per heavy atom. The van der Waals surface area contributed by atoms with Gasteiger partial charge in [-0.2, -0.15) is 0 Å². The smallest absolute Gasteiger partial charge is 0.0144 e. The van der Waals surface area contributed by atoms with E-state index in [0.717, 1.165) is 35.7 Å². The Kier molecular flexibility index (Phi) is 3.30. The van der Waals surface area contributed by atoms with E-state index in [1.54, 1.807) is 0 Å². The van der Waals surface area contributed by atoms with Crippen molar-refractivity contribution in [2.45, 2.75) is 25.7 Å². The van der Waals surface area contributed by atoms with Crippen LogP contribution in [0.5, 0.6) is 0 Å². The third-order valence-corrected chi connectivity index (χ3v) is 2.18. The summed E-state index contributed by atoms with van der Waals surface area (Å²) in [6.07, 6.45) is 7.95. The van der Waals surface area contributed by atoms with E-state index in [9.17, 15) is 0 Å². The molecule has 0 atom stereocenters. The van der Waals surface area contributed by atoms with Crippen LogP contribution in [0, 0.1) is 0 Å². The third-order valence-electron chi connectivity index (χ3n) is 1.50. The van der Waals surface area contributed by atoms with Crippen LogP contribution in [0.3, 0.4) is 0 Å². The van der Waals surface area contributed by atoms with Crippen LogP contribution < -0.4 is 0 Å². The molecule has 0 aromatic heterocycles. The molecule has 0 aromatic carbocycles. The Morgan fingerprint density at radius 1 is 0.900 bits per heavy atom. The van der Waals surface area contributed by atoms with E-state index in [1.807, 2.05) is 0 Å². The molecule has 10 heavy (non-hydrogen) atoms. The van der Waals surface area contributed by atoms with Crippen molar-refractivity contribution in [3.8, 4) is 0 Å². The molecule has 0 aliphatic heterocycles. The maximum Gasteiger partial charge on any atom is 0.0144 e. The van der Waals surface area contributed by atoms with E-state index in [4.69, 9.17) is 23.2 Å². The zero-order chi connectivity index (χ0) is 7.40. The van der Waals surface area contributed by atoms with Crippen LogP contribution >= 0.6 is 23.2 Å². The average Bonchev–Trinajstić information content (AvgIpc) is 1.84. The fourth-order valence-electron chi connectivity index (χ4n) is 0.937. The first-order chi connectivity index (χ1) is 4.79. The predicted molar refractivity (Wildman–Crippen MR) is 46.3 cm³/mol. The monoisotopic (exact) mass is 176 g/mol. The highest BCUT2D eigenvalue weighted by Crippen LogP contribution is 2.20. The molecule has 0 bridgehead atoms. The summed E-state index contributed by atoms with van der Waals surface area (Å²) in [5.74, 6) is 0. The van der Waals surface area contributed by atoms with Gasteiger partial charge < -0.3 is 0 Å². The summed E-state index contributed by atoms with van der Waals surface area (Å²) in [7, 11) is 0. The second kappa shape index (κ2) is 4.05. The van der Waals surface area contributed by atoms with Crippen LogP contribution in [-0.2, 0) is 0 Å². The molecule has 0 N–H and O–H groups in total. The van der Waals surface area contributed by atoms with Gasteiger partial charge in [0.15, 0.2) is 0 Å². The van der Waals surface area contributed by atoms with Crippen LogP contribution in [0.2, 0.25) is 0 Å². The highest BCUT2D eigenvalue weighted by Gasteiger charge is 1.98. The maximum atomic E-state index is 5.83. The van der Waals surface area contributed by atoms with Crippen molar-refractivity contribution in [2.75, 3.05) is 0 Å². The third kappa shape index (κ3) is 2.76. The number of rotatable bonds is 0. The Labute approximate surface area is 71.5 Å². The molecular weight excluding hydrogens is 167 g/mol. The van der Waals surface area contributed by atoms with Crippen molar-refractivity contribution < 1.29 is 0 Å². The summed E-state index contributed by atoms with van der Waals surface area (Å²) in [6.45, 7) is 0. The molecule has 56 valence electrons. The number of halogens is 2. The SMILES string of the molecule is ClC1=CCCC(Cl)=CCC1. The number of hydrogen-bond donors (Lipinski definition) is 0. The van der Waals surface area contributed by atoms with Gasteiger partial charge in [0.05, 0.1) is 0 Å². The second-order valence-electron chi connectivity index (χ2n) is 2.38. The standard InChI is InChI=1S/C8H10Cl2/c9-7-3-1-4-8(10)6-2-5-7/h3,6H,1-2,4-5H2. The fraction of sp³-hybridized carbons (Fsp3) is 0.500. The first kappa shape index (κ1) is 8.16. The van der Waals surface area contributed by atoms with E-state index in [1.165, 1.54) is 0 Å². The Balaban J connectivity index is 2.48. The highest BCUT2D eigenvalue weighted by atomic mass is 35.5.